The number of cyclic esters (lactones) is 1. The van der Waals surface area contributed by atoms with Crippen molar-refractivity contribution in [2.75, 3.05) is 0 Å². The van der Waals surface area contributed by atoms with Crippen molar-refractivity contribution in [3.05, 3.63) is 66.4 Å². The Morgan fingerprint density at radius 2 is 1.96 bits per heavy atom. The quantitative estimate of drug-likeness (QED) is 0.534. The molecule has 114 valence electrons. The number of ether oxygens (including phenoxy) is 1. The van der Waals surface area contributed by atoms with E-state index >= 15 is 0 Å². The van der Waals surface area contributed by atoms with Gasteiger partial charge in [0.1, 0.15) is 6.10 Å². The van der Waals surface area contributed by atoms with Crippen LogP contribution in [0.15, 0.2) is 60.8 Å². The lowest BCUT2D eigenvalue weighted by Crippen LogP contribution is -2.01. The molecule has 0 amide bonds. The second kappa shape index (κ2) is 5.09. The molecule has 0 aliphatic carbocycles. The molecule has 2 aromatic carbocycles. The average Bonchev–Trinajstić information content (AvgIpc) is 3.11. The molecule has 1 unspecified atom stereocenters. The van der Waals surface area contributed by atoms with Crippen molar-refractivity contribution in [3.8, 4) is 11.1 Å². The molecule has 1 aromatic heterocycles. The number of hydrogen-bond donors (Lipinski definition) is 0. The van der Waals surface area contributed by atoms with Gasteiger partial charge in [0.15, 0.2) is 0 Å². The highest BCUT2D eigenvalue weighted by atomic mass is 16.5. The molecule has 1 atom stereocenters. The maximum atomic E-state index is 11.7. The molecule has 1 fully saturated rings. The Morgan fingerprint density at radius 3 is 2.74 bits per heavy atom. The van der Waals surface area contributed by atoms with E-state index in [1.165, 1.54) is 0 Å². The summed E-state index contributed by atoms with van der Waals surface area (Å²) in [5, 5.41) is 5.44. The van der Waals surface area contributed by atoms with E-state index in [2.05, 4.69) is 23.8 Å². The Balaban J connectivity index is 1.89. The molecule has 1 aliphatic heterocycles. The highest BCUT2D eigenvalue weighted by Crippen LogP contribution is 2.39. The van der Waals surface area contributed by atoms with Crippen LogP contribution in [0.4, 0.5) is 0 Å². The van der Waals surface area contributed by atoms with Crippen LogP contribution in [0.3, 0.4) is 0 Å². The number of fused-ring (bicyclic) bond motifs is 1. The number of esters is 1. The zero-order valence-corrected chi connectivity index (χ0v) is 12.8. The molecule has 0 bridgehead atoms. The summed E-state index contributed by atoms with van der Waals surface area (Å²) in [4.78, 5) is 11.7. The molecule has 3 aromatic rings. The summed E-state index contributed by atoms with van der Waals surface area (Å²) in [6.45, 7) is 3.78. The molecule has 4 heteroatoms. The second-order valence-corrected chi connectivity index (χ2v) is 5.80. The molecule has 4 rings (SSSR count). The van der Waals surface area contributed by atoms with Gasteiger partial charge in [-0.2, -0.15) is 5.10 Å². The number of carbonyl (C=O) groups is 1. The predicted octanol–water partition coefficient (Wildman–Crippen LogP) is 3.78. The summed E-state index contributed by atoms with van der Waals surface area (Å²) in [7, 11) is 1.93. The average molecular weight is 304 g/mol. The number of carbonyl (C=O) groups excluding carboxylic acids is 1. The van der Waals surface area contributed by atoms with Crippen molar-refractivity contribution in [1.82, 2.24) is 9.78 Å². The second-order valence-electron chi connectivity index (χ2n) is 5.80. The Kier molecular flexibility index (Phi) is 3.05. The molecule has 0 saturated carbocycles. The van der Waals surface area contributed by atoms with Crippen molar-refractivity contribution in [1.29, 1.82) is 0 Å². The number of nitrogens with zero attached hydrogens (tertiary/aromatic N) is 2. The van der Waals surface area contributed by atoms with Gasteiger partial charge in [-0.25, -0.2) is 4.79 Å². The van der Waals surface area contributed by atoms with Crippen LogP contribution in [-0.4, -0.2) is 15.7 Å². The lowest BCUT2D eigenvalue weighted by molar-refractivity contribution is -0.139. The first-order valence-corrected chi connectivity index (χ1v) is 7.54. The Bertz CT molecular complexity index is 923. The molecular formula is C19H16N2O2. The van der Waals surface area contributed by atoms with Gasteiger partial charge >= 0.3 is 5.97 Å². The lowest BCUT2D eigenvalue weighted by atomic mass is 9.93. The van der Waals surface area contributed by atoms with Gasteiger partial charge in [0.2, 0.25) is 0 Å². The molecule has 0 N–H and O–H groups in total. The Morgan fingerprint density at radius 1 is 1.17 bits per heavy atom. The molecule has 0 radical (unpaired) electrons. The van der Waals surface area contributed by atoms with Gasteiger partial charge in [0, 0.05) is 30.0 Å². The van der Waals surface area contributed by atoms with E-state index in [1.54, 1.807) is 0 Å². The third kappa shape index (κ3) is 2.14. The standard InChI is InChI=1S/C19H16N2O2/c1-12-10-18(23-19(12)22)15-7-4-3-6-13(15)14-8-5-9-17-16(14)11-20-21(17)2/h3-9,11,18H,1,10H2,2H3. The van der Waals surface area contributed by atoms with E-state index in [9.17, 15) is 4.79 Å². The van der Waals surface area contributed by atoms with Crippen molar-refractivity contribution < 1.29 is 9.53 Å². The number of benzene rings is 2. The predicted molar refractivity (Wildman–Crippen MR) is 88.7 cm³/mol. The molecular weight excluding hydrogens is 288 g/mol. The minimum absolute atomic E-state index is 0.266. The smallest absolute Gasteiger partial charge is 0.334 e. The van der Waals surface area contributed by atoms with Gasteiger partial charge in [0.25, 0.3) is 0 Å². The minimum atomic E-state index is -0.301. The summed E-state index contributed by atoms with van der Waals surface area (Å²) in [6, 6.07) is 14.2. The van der Waals surface area contributed by atoms with Crippen molar-refractivity contribution in [2.24, 2.45) is 7.05 Å². The summed E-state index contributed by atoms with van der Waals surface area (Å²) in [6.07, 6.45) is 2.15. The maximum absolute atomic E-state index is 11.7. The molecule has 1 aliphatic rings. The monoisotopic (exact) mass is 304 g/mol. The van der Waals surface area contributed by atoms with Gasteiger partial charge in [-0.3, -0.25) is 4.68 Å². The fourth-order valence-electron chi connectivity index (χ4n) is 3.17. The van der Waals surface area contributed by atoms with Crippen LogP contribution >= 0.6 is 0 Å². The zero-order chi connectivity index (χ0) is 16.0. The highest BCUT2D eigenvalue weighted by Gasteiger charge is 2.30. The fraction of sp³-hybridized carbons (Fsp3) is 0.158. The van der Waals surface area contributed by atoms with E-state index in [0.717, 1.165) is 27.6 Å². The lowest BCUT2D eigenvalue weighted by Gasteiger charge is -2.15. The molecule has 0 spiro atoms. The van der Waals surface area contributed by atoms with Gasteiger partial charge in [-0.1, -0.05) is 43.0 Å². The van der Waals surface area contributed by atoms with Crippen molar-refractivity contribution >= 4 is 16.9 Å². The van der Waals surface area contributed by atoms with E-state index in [4.69, 9.17) is 4.74 Å². The van der Waals surface area contributed by atoms with Crippen LogP contribution in [0.2, 0.25) is 0 Å². The summed E-state index contributed by atoms with van der Waals surface area (Å²) in [5.41, 5.74) is 4.78. The largest absolute Gasteiger partial charge is 0.454 e. The third-order valence-corrected chi connectivity index (χ3v) is 4.36. The first kappa shape index (κ1) is 13.8. The molecule has 4 nitrogen and oxygen atoms in total. The van der Waals surface area contributed by atoms with E-state index in [-0.39, 0.29) is 12.1 Å². The van der Waals surface area contributed by atoms with Crippen molar-refractivity contribution in [2.45, 2.75) is 12.5 Å². The van der Waals surface area contributed by atoms with Crippen molar-refractivity contribution in [3.63, 3.8) is 0 Å². The zero-order valence-electron chi connectivity index (χ0n) is 12.8. The molecule has 1 saturated heterocycles. The van der Waals surface area contributed by atoms with Crippen LogP contribution < -0.4 is 0 Å². The Hall–Kier alpha value is -2.88. The summed E-state index contributed by atoms with van der Waals surface area (Å²) in [5.74, 6) is -0.301. The number of hydrogen-bond acceptors (Lipinski definition) is 3. The fourth-order valence-corrected chi connectivity index (χ4v) is 3.17. The van der Waals surface area contributed by atoms with Crippen LogP contribution in [0.25, 0.3) is 22.0 Å². The summed E-state index contributed by atoms with van der Waals surface area (Å²) < 4.78 is 7.34. The first-order valence-electron chi connectivity index (χ1n) is 7.54. The van der Waals surface area contributed by atoms with E-state index < -0.39 is 0 Å². The first-order chi connectivity index (χ1) is 11.1. The van der Waals surface area contributed by atoms with Gasteiger partial charge in [0.05, 0.1) is 11.7 Å². The van der Waals surface area contributed by atoms with Crippen LogP contribution in [0.1, 0.15) is 18.1 Å². The van der Waals surface area contributed by atoms with Crippen LogP contribution in [-0.2, 0) is 16.6 Å². The van der Waals surface area contributed by atoms with Gasteiger partial charge < -0.3 is 4.74 Å². The van der Waals surface area contributed by atoms with E-state index in [0.29, 0.717) is 12.0 Å². The molecule has 23 heavy (non-hydrogen) atoms. The highest BCUT2D eigenvalue weighted by molar-refractivity contribution is 5.96. The third-order valence-electron chi connectivity index (χ3n) is 4.36. The molecule has 2 heterocycles. The topological polar surface area (TPSA) is 44.1 Å². The maximum Gasteiger partial charge on any atom is 0.334 e. The normalized spacial score (nSPS) is 17.7. The number of aryl methyl sites for hydroxylation is 1. The number of rotatable bonds is 2. The van der Waals surface area contributed by atoms with Gasteiger partial charge in [-0.15, -0.1) is 0 Å². The Labute approximate surface area is 134 Å². The SMILES string of the molecule is C=C1CC(c2ccccc2-c2cccc3c2cnn3C)OC1=O. The van der Waals surface area contributed by atoms with Crippen LogP contribution in [0, 0.1) is 0 Å². The van der Waals surface area contributed by atoms with Gasteiger partial charge in [-0.05, 0) is 17.2 Å². The minimum Gasteiger partial charge on any atom is -0.454 e. The van der Waals surface area contributed by atoms with E-state index in [1.807, 2.05) is 48.3 Å². The summed E-state index contributed by atoms with van der Waals surface area (Å²) >= 11 is 0. The van der Waals surface area contributed by atoms with Crippen LogP contribution in [0.5, 0.6) is 0 Å². The number of aromatic nitrogens is 2.